The van der Waals surface area contributed by atoms with Crippen LogP contribution in [0.1, 0.15) is 11.1 Å². The molecule has 7 nitrogen and oxygen atoms in total. The topological polar surface area (TPSA) is 107 Å². The third-order valence-corrected chi connectivity index (χ3v) is 6.48. The van der Waals surface area contributed by atoms with E-state index in [4.69, 9.17) is 0 Å². The minimum atomic E-state index is -3.77. The van der Waals surface area contributed by atoms with Crippen LogP contribution in [0.25, 0.3) is 0 Å². The first kappa shape index (κ1) is 19.9. The van der Waals surface area contributed by atoms with Gasteiger partial charge in [0.05, 0.1) is 22.4 Å². The van der Waals surface area contributed by atoms with Crippen molar-refractivity contribution in [1.82, 2.24) is 4.72 Å². The van der Waals surface area contributed by atoms with E-state index in [1.165, 1.54) is 18.2 Å². The van der Waals surface area contributed by atoms with E-state index in [0.29, 0.717) is 5.56 Å². The molecule has 0 aliphatic carbocycles. The van der Waals surface area contributed by atoms with Gasteiger partial charge in [0, 0.05) is 13.1 Å². The minimum absolute atomic E-state index is 0.135. The smallest absolute Gasteiger partial charge is 0.240 e. The summed E-state index contributed by atoms with van der Waals surface area (Å²) in [6.07, 6.45) is 1.01. The van der Waals surface area contributed by atoms with Gasteiger partial charge in [-0.05, 0) is 30.7 Å². The number of benzene rings is 2. The molecule has 2 aromatic carbocycles. The summed E-state index contributed by atoms with van der Waals surface area (Å²) in [6.45, 7) is 1.41. The number of nitriles is 1. The second-order valence-electron chi connectivity index (χ2n) is 5.63. The van der Waals surface area contributed by atoms with Gasteiger partial charge in [-0.25, -0.2) is 21.6 Å². The van der Waals surface area contributed by atoms with Crippen LogP contribution in [0.2, 0.25) is 0 Å². The lowest BCUT2D eigenvalue weighted by atomic mass is 10.2. The molecule has 0 amide bonds. The van der Waals surface area contributed by atoms with E-state index in [0.717, 1.165) is 10.6 Å². The summed E-state index contributed by atoms with van der Waals surface area (Å²) in [5, 5.41) is 9.18. The Balaban J connectivity index is 2.22. The van der Waals surface area contributed by atoms with Crippen molar-refractivity contribution >= 4 is 25.7 Å². The van der Waals surface area contributed by atoms with Gasteiger partial charge in [0.2, 0.25) is 20.0 Å². The number of hydrogen-bond acceptors (Lipinski definition) is 5. The molecule has 0 fully saturated rings. The molecule has 2 rings (SSSR count). The first-order valence-electron chi connectivity index (χ1n) is 7.69. The monoisotopic (exact) mass is 393 g/mol. The Bertz CT molecular complexity index is 1040. The van der Waals surface area contributed by atoms with Gasteiger partial charge in [0.25, 0.3) is 0 Å². The summed E-state index contributed by atoms with van der Waals surface area (Å²) >= 11 is 0. The molecule has 0 atom stereocenters. The minimum Gasteiger partial charge on any atom is -0.268 e. The van der Waals surface area contributed by atoms with E-state index in [9.17, 15) is 22.1 Å². The fourth-order valence-corrected chi connectivity index (χ4v) is 4.67. The Labute approximate surface area is 154 Å². The highest BCUT2D eigenvalue weighted by Crippen LogP contribution is 2.22. The van der Waals surface area contributed by atoms with Gasteiger partial charge in [0.15, 0.2) is 0 Å². The molecule has 0 saturated carbocycles. The van der Waals surface area contributed by atoms with Crippen molar-refractivity contribution in [3.05, 3.63) is 59.7 Å². The molecule has 0 aromatic heterocycles. The van der Waals surface area contributed by atoms with Gasteiger partial charge in [-0.2, -0.15) is 5.26 Å². The molecule has 0 aliphatic heterocycles. The zero-order chi connectivity index (χ0) is 19.4. The Hall–Kier alpha value is -2.41. The van der Waals surface area contributed by atoms with Crippen LogP contribution in [0.5, 0.6) is 0 Å². The molecule has 138 valence electrons. The predicted molar refractivity (Wildman–Crippen MR) is 99.7 cm³/mol. The summed E-state index contributed by atoms with van der Waals surface area (Å²) in [5.74, 6) is 0. The number of para-hydroxylation sites is 1. The molecule has 0 bridgehead atoms. The van der Waals surface area contributed by atoms with Crippen molar-refractivity contribution in [2.24, 2.45) is 0 Å². The van der Waals surface area contributed by atoms with Gasteiger partial charge in [0.1, 0.15) is 6.07 Å². The molecule has 1 N–H and O–H groups in total. The van der Waals surface area contributed by atoms with Gasteiger partial charge < -0.3 is 0 Å². The fourth-order valence-electron chi connectivity index (χ4n) is 2.47. The maximum Gasteiger partial charge on any atom is 0.240 e. The van der Waals surface area contributed by atoms with E-state index in [1.807, 2.05) is 6.07 Å². The number of nitrogens with one attached hydrogen (secondary N) is 1. The highest BCUT2D eigenvalue weighted by molar-refractivity contribution is 7.92. The van der Waals surface area contributed by atoms with E-state index >= 15 is 0 Å². The van der Waals surface area contributed by atoms with Crippen molar-refractivity contribution in [2.75, 3.05) is 23.7 Å². The molecule has 0 saturated heterocycles. The van der Waals surface area contributed by atoms with Crippen LogP contribution in [0.3, 0.4) is 0 Å². The summed E-state index contributed by atoms with van der Waals surface area (Å²) in [7, 11) is -7.46. The predicted octanol–water partition coefficient (Wildman–Crippen LogP) is 1.61. The Kier molecular flexibility index (Phi) is 6.02. The van der Waals surface area contributed by atoms with E-state index < -0.39 is 20.0 Å². The van der Waals surface area contributed by atoms with Crippen molar-refractivity contribution in [2.45, 2.75) is 11.8 Å². The van der Waals surface area contributed by atoms with Crippen molar-refractivity contribution < 1.29 is 16.8 Å². The van der Waals surface area contributed by atoms with Gasteiger partial charge >= 0.3 is 0 Å². The third-order valence-electron chi connectivity index (χ3n) is 3.68. The van der Waals surface area contributed by atoms with Crippen LogP contribution < -0.4 is 9.03 Å². The summed E-state index contributed by atoms with van der Waals surface area (Å²) in [6, 6.07) is 14.7. The molecule has 0 radical (unpaired) electrons. The second kappa shape index (κ2) is 7.86. The van der Waals surface area contributed by atoms with Crippen molar-refractivity contribution in [3.63, 3.8) is 0 Å². The van der Waals surface area contributed by atoms with Gasteiger partial charge in [-0.3, -0.25) is 4.31 Å². The molecular weight excluding hydrogens is 374 g/mol. The van der Waals surface area contributed by atoms with Crippen LogP contribution in [0, 0.1) is 18.3 Å². The molecule has 0 unspecified atom stereocenters. The maximum absolute atomic E-state index is 12.4. The second-order valence-corrected chi connectivity index (χ2v) is 9.27. The van der Waals surface area contributed by atoms with E-state index in [2.05, 4.69) is 4.72 Å². The average molecular weight is 393 g/mol. The van der Waals surface area contributed by atoms with Crippen LogP contribution in [-0.2, 0) is 20.0 Å². The third kappa shape index (κ3) is 4.60. The number of sulfonamides is 2. The summed E-state index contributed by atoms with van der Waals surface area (Å²) in [5.41, 5.74) is 1.00. The lowest BCUT2D eigenvalue weighted by Crippen LogP contribution is -2.38. The number of rotatable bonds is 7. The fraction of sp³-hybridized carbons (Fsp3) is 0.235. The summed E-state index contributed by atoms with van der Waals surface area (Å²) < 4.78 is 52.5. The molecule has 0 aliphatic rings. The number of nitrogens with zero attached hydrogens (tertiary/aromatic N) is 2. The first-order valence-corrected chi connectivity index (χ1v) is 11.0. The lowest BCUT2D eigenvalue weighted by Gasteiger charge is -2.23. The standard InChI is InChI=1S/C17H19N3O4S2/c1-14-7-3-6-10-17(14)26(23,24)19-11-12-20(25(2,21)22)16-9-5-4-8-15(16)13-18/h3-10,19H,11-12H2,1-2H3. The largest absolute Gasteiger partial charge is 0.268 e. The number of hydrogen-bond donors (Lipinski definition) is 1. The maximum atomic E-state index is 12.4. The van der Waals surface area contributed by atoms with E-state index in [1.54, 1.807) is 37.3 Å². The normalized spacial score (nSPS) is 11.7. The molecule has 9 heteroatoms. The molecular formula is C17H19N3O4S2. The van der Waals surface area contributed by atoms with Crippen LogP contribution in [-0.4, -0.2) is 36.2 Å². The first-order chi connectivity index (χ1) is 12.2. The van der Waals surface area contributed by atoms with Crippen LogP contribution in [0.15, 0.2) is 53.4 Å². The van der Waals surface area contributed by atoms with Crippen molar-refractivity contribution in [1.29, 1.82) is 5.26 Å². The van der Waals surface area contributed by atoms with E-state index in [-0.39, 0.29) is 29.2 Å². The highest BCUT2D eigenvalue weighted by atomic mass is 32.2. The zero-order valence-electron chi connectivity index (χ0n) is 14.4. The Morgan fingerprint density at radius 3 is 2.27 bits per heavy atom. The molecule has 0 spiro atoms. The van der Waals surface area contributed by atoms with Crippen molar-refractivity contribution in [3.8, 4) is 6.07 Å². The Morgan fingerprint density at radius 1 is 1.04 bits per heavy atom. The van der Waals surface area contributed by atoms with Crippen LogP contribution in [0.4, 0.5) is 5.69 Å². The van der Waals surface area contributed by atoms with Crippen LogP contribution >= 0.6 is 0 Å². The number of anilines is 1. The SMILES string of the molecule is Cc1ccccc1S(=O)(=O)NCCN(c1ccccc1C#N)S(C)(=O)=O. The molecule has 26 heavy (non-hydrogen) atoms. The molecule has 0 heterocycles. The molecule has 2 aromatic rings. The average Bonchev–Trinajstić information content (AvgIpc) is 2.58. The highest BCUT2D eigenvalue weighted by Gasteiger charge is 2.22. The van der Waals surface area contributed by atoms with Gasteiger partial charge in [-0.1, -0.05) is 30.3 Å². The van der Waals surface area contributed by atoms with Gasteiger partial charge in [-0.15, -0.1) is 0 Å². The lowest BCUT2D eigenvalue weighted by molar-refractivity contribution is 0.578. The Morgan fingerprint density at radius 2 is 1.65 bits per heavy atom. The zero-order valence-corrected chi connectivity index (χ0v) is 16.0. The number of aryl methyl sites for hydroxylation is 1. The quantitative estimate of drug-likeness (QED) is 0.769. The summed E-state index contributed by atoms with van der Waals surface area (Å²) in [4.78, 5) is 0.142.